The molecule has 0 bridgehead atoms. The molecule has 2 aromatic heterocycles. The second-order valence-electron chi connectivity index (χ2n) is 2.47. The van der Waals surface area contributed by atoms with Crippen LogP contribution in [0.2, 0.25) is 0 Å². The molecule has 2 rings (SSSR count). The van der Waals surface area contributed by atoms with Crippen molar-refractivity contribution in [2.45, 2.75) is 0 Å². The average Bonchev–Trinajstić information content (AvgIpc) is 2.72. The molecule has 2 aromatic rings. The van der Waals surface area contributed by atoms with Crippen molar-refractivity contribution < 1.29 is 9.32 Å². The van der Waals surface area contributed by atoms with Gasteiger partial charge in [-0.05, 0) is 0 Å². The third-order valence-corrected chi connectivity index (χ3v) is 1.49. The zero-order chi connectivity index (χ0) is 9.80. The standard InChI is InChI=1S/C8H6N4O2/c13-8(7-1-2-14-12-7)11-6-3-9-5-10-4-6/h1-5H,(H,11,13). The van der Waals surface area contributed by atoms with E-state index in [0.29, 0.717) is 5.69 Å². The first-order valence-electron chi connectivity index (χ1n) is 3.83. The fraction of sp³-hybridized carbons (Fsp3) is 0. The number of carbonyl (C=O) groups is 1. The lowest BCUT2D eigenvalue weighted by Crippen LogP contribution is -2.12. The van der Waals surface area contributed by atoms with Crippen LogP contribution in [-0.2, 0) is 0 Å². The SMILES string of the molecule is O=C(Nc1cncnc1)c1ccon1. The van der Waals surface area contributed by atoms with Crippen LogP contribution in [0.5, 0.6) is 0 Å². The van der Waals surface area contributed by atoms with E-state index in [0.717, 1.165) is 0 Å². The third-order valence-electron chi connectivity index (χ3n) is 1.49. The van der Waals surface area contributed by atoms with Gasteiger partial charge in [0.2, 0.25) is 0 Å². The van der Waals surface area contributed by atoms with Crippen LogP contribution in [0.4, 0.5) is 5.69 Å². The molecule has 0 spiro atoms. The largest absolute Gasteiger partial charge is 0.364 e. The van der Waals surface area contributed by atoms with Crippen molar-refractivity contribution in [1.29, 1.82) is 0 Å². The highest BCUT2D eigenvalue weighted by Gasteiger charge is 2.08. The number of hydrogen-bond acceptors (Lipinski definition) is 5. The summed E-state index contributed by atoms with van der Waals surface area (Å²) in [6.07, 6.45) is 5.69. The molecule has 0 unspecified atom stereocenters. The molecule has 1 N–H and O–H groups in total. The number of hydrogen-bond donors (Lipinski definition) is 1. The van der Waals surface area contributed by atoms with Gasteiger partial charge < -0.3 is 9.84 Å². The van der Waals surface area contributed by atoms with Crippen molar-refractivity contribution in [3.05, 3.63) is 36.7 Å². The number of rotatable bonds is 2. The zero-order valence-electron chi connectivity index (χ0n) is 7.04. The first kappa shape index (κ1) is 8.36. The number of anilines is 1. The van der Waals surface area contributed by atoms with Crippen LogP contribution in [0.3, 0.4) is 0 Å². The molecular formula is C8H6N4O2. The van der Waals surface area contributed by atoms with E-state index in [9.17, 15) is 4.79 Å². The molecule has 0 aliphatic heterocycles. The molecule has 0 aromatic carbocycles. The Balaban J connectivity index is 2.10. The zero-order valence-corrected chi connectivity index (χ0v) is 7.04. The van der Waals surface area contributed by atoms with Gasteiger partial charge in [-0.15, -0.1) is 0 Å². The fourth-order valence-electron chi connectivity index (χ4n) is 0.888. The summed E-state index contributed by atoms with van der Waals surface area (Å²) in [5.41, 5.74) is 0.731. The number of nitrogens with one attached hydrogen (secondary N) is 1. The lowest BCUT2D eigenvalue weighted by molar-refractivity contribution is 0.101. The van der Waals surface area contributed by atoms with Gasteiger partial charge >= 0.3 is 0 Å². The molecular weight excluding hydrogens is 184 g/mol. The number of aromatic nitrogens is 3. The van der Waals surface area contributed by atoms with Gasteiger partial charge in [0.1, 0.15) is 12.6 Å². The van der Waals surface area contributed by atoms with Gasteiger partial charge in [0.05, 0.1) is 18.1 Å². The highest BCUT2D eigenvalue weighted by molar-refractivity contribution is 6.02. The molecule has 0 radical (unpaired) electrons. The molecule has 0 saturated carbocycles. The molecule has 6 heteroatoms. The summed E-state index contributed by atoms with van der Waals surface area (Å²) in [7, 11) is 0. The van der Waals surface area contributed by atoms with E-state index in [1.165, 1.54) is 31.1 Å². The van der Waals surface area contributed by atoms with E-state index in [1.807, 2.05) is 0 Å². The van der Waals surface area contributed by atoms with E-state index in [1.54, 1.807) is 0 Å². The summed E-state index contributed by atoms with van der Waals surface area (Å²) in [4.78, 5) is 18.9. The van der Waals surface area contributed by atoms with Crippen LogP contribution in [-0.4, -0.2) is 21.0 Å². The van der Waals surface area contributed by atoms with Crippen LogP contribution < -0.4 is 5.32 Å². The van der Waals surface area contributed by atoms with Gasteiger partial charge in [-0.3, -0.25) is 4.79 Å². The highest BCUT2D eigenvalue weighted by atomic mass is 16.5. The summed E-state index contributed by atoms with van der Waals surface area (Å²) >= 11 is 0. The summed E-state index contributed by atoms with van der Waals surface area (Å²) < 4.78 is 4.53. The molecule has 70 valence electrons. The topological polar surface area (TPSA) is 80.9 Å². The summed E-state index contributed by atoms with van der Waals surface area (Å²) in [6, 6.07) is 1.47. The van der Waals surface area contributed by atoms with Crippen molar-refractivity contribution in [1.82, 2.24) is 15.1 Å². The minimum Gasteiger partial charge on any atom is -0.364 e. The van der Waals surface area contributed by atoms with Gasteiger partial charge in [-0.25, -0.2) is 9.97 Å². The predicted molar refractivity (Wildman–Crippen MR) is 46.5 cm³/mol. The third kappa shape index (κ3) is 1.74. The summed E-state index contributed by atoms with van der Waals surface area (Å²) in [6.45, 7) is 0. The quantitative estimate of drug-likeness (QED) is 0.754. The van der Waals surface area contributed by atoms with Gasteiger partial charge in [0.15, 0.2) is 5.69 Å². The molecule has 2 heterocycles. The van der Waals surface area contributed by atoms with Crippen LogP contribution in [0, 0.1) is 0 Å². The molecule has 14 heavy (non-hydrogen) atoms. The Morgan fingerprint density at radius 1 is 1.36 bits per heavy atom. The smallest absolute Gasteiger partial charge is 0.277 e. The molecule has 1 amide bonds. The Morgan fingerprint density at radius 2 is 2.14 bits per heavy atom. The minimum atomic E-state index is -0.353. The van der Waals surface area contributed by atoms with Crippen molar-refractivity contribution in [2.75, 3.05) is 5.32 Å². The lowest BCUT2D eigenvalue weighted by atomic mass is 10.4. The Kier molecular flexibility index (Phi) is 2.18. The summed E-state index contributed by atoms with van der Waals surface area (Å²) in [5, 5.41) is 6.04. The first-order chi connectivity index (χ1) is 6.86. The minimum absolute atomic E-state index is 0.217. The van der Waals surface area contributed by atoms with E-state index >= 15 is 0 Å². The van der Waals surface area contributed by atoms with Crippen LogP contribution in [0.1, 0.15) is 10.5 Å². The number of carbonyl (C=O) groups excluding carboxylic acids is 1. The number of nitrogens with zero attached hydrogens (tertiary/aromatic N) is 3. The van der Waals surface area contributed by atoms with Crippen molar-refractivity contribution in [2.24, 2.45) is 0 Å². The fourth-order valence-corrected chi connectivity index (χ4v) is 0.888. The summed E-state index contributed by atoms with van der Waals surface area (Å²) in [5.74, 6) is -0.353. The first-order valence-corrected chi connectivity index (χ1v) is 3.83. The maximum atomic E-state index is 11.4. The second-order valence-corrected chi connectivity index (χ2v) is 2.47. The van der Waals surface area contributed by atoms with Crippen LogP contribution in [0.15, 0.2) is 35.6 Å². The van der Waals surface area contributed by atoms with Gasteiger partial charge in [-0.2, -0.15) is 0 Å². The Labute approximate surface area is 79.0 Å². The van der Waals surface area contributed by atoms with E-state index in [2.05, 4.69) is 25.0 Å². The Bertz CT molecular complexity index is 412. The van der Waals surface area contributed by atoms with E-state index < -0.39 is 0 Å². The van der Waals surface area contributed by atoms with E-state index in [4.69, 9.17) is 0 Å². The van der Waals surface area contributed by atoms with Crippen molar-refractivity contribution in [3.63, 3.8) is 0 Å². The monoisotopic (exact) mass is 190 g/mol. The highest BCUT2D eigenvalue weighted by Crippen LogP contribution is 2.03. The molecule has 0 aliphatic carbocycles. The Hall–Kier alpha value is -2.24. The van der Waals surface area contributed by atoms with Crippen molar-refractivity contribution in [3.8, 4) is 0 Å². The maximum Gasteiger partial charge on any atom is 0.277 e. The molecule has 0 saturated heterocycles. The lowest BCUT2D eigenvalue weighted by Gasteiger charge is -1.99. The number of amides is 1. The Morgan fingerprint density at radius 3 is 2.79 bits per heavy atom. The second kappa shape index (κ2) is 3.65. The average molecular weight is 190 g/mol. The molecule has 0 fully saturated rings. The van der Waals surface area contributed by atoms with Crippen LogP contribution in [0.25, 0.3) is 0 Å². The predicted octanol–water partition coefficient (Wildman–Crippen LogP) is 0.717. The molecule has 6 nitrogen and oxygen atoms in total. The molecule has 0 atom stereocenters. The maximum absolute atomic E-state index is 11.4. The van der Waals surface area contributed by atoms with Gasteiger partial charge in [0.25, 0.3) is 5.91 Å². The van der Waals surface area contributed by atoms with Gasteiger partial charge in [-0.1, -0.05) is 5.16 Å². The van der Waals surface area contributed by atoms with Gasteiger partial charge in [0, 0.05) is 6.07 Å². The molecule has 0 aliphatic rings. The van der Waals surface area contributed by atoms with E-state index in [-0.39, 0.29) is 11.6 Å². The van der Waals surface area contributed by atoms with Crippen LogP contribution >= 0.6 is 0 Å². The normalized spacial score (nSPS) is 9.71. The van der Waals surface area contributed by atoms with Crippen molar-refractivity contribution >= 4 is 11.6 Å².